The Labute approximate surface area is 292 Å². The van der Waals surface area contributed by atoms with Crippen molar-refractivity contribution in [3.8, 4) is 0 Å². The topological polar surface area (TPSA) is 119 Å². The summed E-state index contributed by atoms with van der Waals surface area (Å²) < 4.78 is 0. The van der Waals surface area contributed by atoms with Crippen LogP contribution < -0.4 is 31.9 Å². The van der Waals surface area contributed by atoms with E-state index in [1.807, 2.05) is 24.3 Å². The SMILES string of the molecule is O=C(Nc1ccc(CCC2CCNC2)cc1)Nc1ccc(Cl)cn1.O=C(Nc1ccc(Cl)cc1)Nc1ccc(CCC2CCNC2)cc1. The molecule has 2 atom stereocenters. The van der Waals surface area contributed by atoms with E-state index in [0.29, 0.717) is 21.6 Å². The van der Waals surface area contributed by atoms with Crippen molar-refractivity contribution in [2.75, 3.05) is 47.4 Å². The van der Waals surface area contributed by atoms with Gasteiger partial charge in [0.1, 0.15) is 5.82 Å². The molecule has 252 valence electrons. The van der Waals surface area contributed by atoms with Crippen molar-refractivity contribution >= 4 is 58.1 Å². The number of carbonyl (C=O) groups is 2. The summed E-state index contributed by atoms with van der Waals surface area (Å²) >= 11 is 11.6. The molecule has 3 aromatic carbocycles. The summed E-state index contributed by atoms with van der Waals surface area (Å²) in [6.45, 7) is 4.57. The van der Waals surface area contributed by atoms with Gasteiger partial charge in [0.2, 0.25) is 0 Å². The van der Waals surface area contributed by atoms with Crippen molar-refractivity contribution < 1.29 is 9.59 Å². The average Bonchev–Trinajstić information content (AvgIpc) is 3.82. The van der Waals surface area contributed by atoms with Gasteiger partial charge in [0.25, 0.3) is 0 Å². The van der Waals surface area contributed by atoms with Crippen LogP contribution in [0.1, 0.15) is 36.8 Å². The second-order valence-electron chi connectivity index (χ2n) is 12.2. The van der Waals surface area contributed by atoms with Crippen molar-refractivity contribution in [3.05, 3.63) is 112 Å². The van der Waals surface area contributed by atoms with Crippen LogP contribution in [0.25, 0.3) is 0 Å². The summed E-state index contributed by atoms with van der Waals surface area (Å²) in [7, 11) is 0. The van der Waals surface area contributed by atoms with E-state index in [2.05, 4.69) is 61.2 Å². The number of pyridine rings is 1. The summed E-state index contributed by atoms with van der Waals surface area (Å²) in [4.78, 5) is 28.0. The lowest BCUT2D eigenvalue weighted by atomic mass is 9.99. The molecule has 48 heavy (non-hydrogen) atoms. The lowest BCUT2D eigenvalue weighted by Crippen LogP contribution is -2.19. The van der Waals surface area contributed by atoms with Crippen LogP contribution in [-0.4, -0.2) is 43.2 Å². The molecule has 0 radical (unpaired) electrons. The van der Waals surface area contributed by atoms with E-state index in [9.17, 15) is 9.59 Å². The van der Waals surface area contributed by atoms with Gasteiger partial charge in [-0.05, 0) is 148 Å². The molecular formula is C37H43Cl2N7O2. The Hall–Kier alpha value is -4.15. The molecule has 1 aromatic heterocycles. The van der Waals surface area contributed by atoms with E-state index in [0.717, 1.165) is 62.2 Å². The van der Waals surface area contributed by atoms with Crippen molar-refractivity contribution in [3.63, 3.8) is 0 Å². The number of nitrogens with one attached hydrogen (secondary N) is 6. The largest absolute Gasteiger partial charge is 0.324 e. The molecule has 6 rings (SSSR count). The molecule has 9 nitrogen and oxygen atoms in total. The number of halogens is 2. The molecule has 2 aliphatic rings. The molecular weight excluding hydrogens is 645 g/mol. The minimum absolute atomic E-state index is 0.262. The number of nitrogens with zero attached hydrogens (tertiary/aromatic N) is 1. The highest BCUT2D eigenvalue weighted by Gasteiger charge is 2.15. The minimum atomic E-state index is -0.324. The minimum Gasteiger partial charge on any atom is -0.316 e. The number of amides is 4. The number of hydrogen-bond acceptors (Lipinski definition) is 5. The number of urea groups is 2. The van der Waals surface area contributed by atoms with Crippen molar-refractivity contribution in [1.29, 1.82) is 0 Å². The highest BCUT2D eigenvalue weighted by molar-refractivity contribution is 6.30. The third-order valence-electron chi connectivity index (χ3n) is 8.50. The quantitative estimate of drug-likeness (QED) is 0.1000. The zero-order valence-corrected chi connectivity index (χ0v) is 28.4. The van der Waals surface area contributed by atoms with E-state index >= 15 is 0 Å². The standard InChI is InChI=1S/C19H22ClN3O.C18H21ClN4O/c20-16-5-9-18(10-6-16)23-19(24)22-17-7-3-14(4-8-17)1-2-15-11-12-21-13-15;19-15-5-8-17(21-12-15)23-18(24)22-16-6-3-13(4-7-16)1-2-14-9-10-20-11-14/h3-10,15,21H,1-2,11-13H2,(H2,22,23,24);3-8,12,14,20H,1-2,9-11H2,(H2,21,22,23,24). The maximum absolute atomic E-state index is 12.0. The summed E-state index contributed by atoms with van der Waals surface area (Å²) in [5.41, 5.74) is 4.86. The monoisotopic (exact) mass is 687 g/mol. The molecule has 2 unspecified atom stereocenters. The maximum Gasteiger partial charge on any atom is 0.324 e. The molecule has 4 amide bonds. The Balaban J connectivity index is 0.000000188. The van der Waals surface area contributed by atoms with E-state index in [1.165, 1.54) is 43.0 Å². The number of aromatic nitrogens is 1. The van der Waals surface area contributed by atoms with Crippen LogP contribution in [0.3, 0.4) is 0 Å². The van der Waals surface area contributed by atoms with Gasteiger partial charge in [-0.2, -0.15) is 0 Å². The van der Waals surface area contributed by atoms with Crippen LogP contribution in [0.5, 0.6) is 0 Å². The molecule has 0 spiro atoms. The van der Waals surface area contributed by atoms with Crippen LogP contribution in [0.4, 0.5) is 32.5 Å². The molecule has 0 aliphatic carbocycles. The lowest BCUT2D eigenvalue weighted by molar-refractivity contribution is 0.261. The van der Waals surface area contributed by atoms with E-state index in [4.69, 9.17) is 23.2 Å². The fraction of sp³-hybridized carbons (Fsp3) is 0.324. The van der Waals surface area contributed by atoms with Gasteiger partial charge in [-0.15, -0.1) is 0 Å². The molecule has 4 aromatic rings. The van der Waals surface area contributed by atoms with Gasteiger partial charge >= 0.3 is 12.1 Å². The van der Waals surface area contributed by atoms with Crippen LogP contribution in [-0.2, 0) is 12.8 Å². The number of benzene rings is 3. The first kappa shape index (κ1) is 35.2. The van der Waals surface area contributed by atoms with E-state index in [-0.39, 0.29) is 12.1 Å². The number of carbonyl (C=O) groups excluding carboxylic acids is 2. The second kappa shape index (κ2) is 18.4. The van der Waals surface area contributed by atoms with E-state index < -0.39 is 0 Å². The first-order chi connectivity index (χ1) is 23.4. The van der Waals surface area contributed by atoms with Crippen LogP contribution in [0.15, 0.2) is 91.1 Å². The van der Waals surface area contributed by atoms with Gasteiger partial charge in [0.05, 0.1) is 5.02 Å². The van der Waals surface area contributed by atoms with Crippen molar-refractivity contribution in [1.82, 2.24) is 15.6 Å². The Morgan fingerprint density at radius 2 is 1.04 bits per heavy atom. The normalized spacial score (nSPS) is 16.8. The number of hydrogen-bond donors (Lipinski definition) is 6. The van der Waals surface area contributed by atoms with Gasteiger partial charge < -0.3 is 26.6 Å². The van der Waals surface area contributed by atoms with E-state index in [1.54, 1.807) is 36.4 Å². The third-order valence-corrected chi connectivity index (χ3v) is 8.98. The van der Waals surface area contributed by atoms with Crippen LogP contribution in [0.2, 0.25) is 10.0 Å². The molecule has 3 heterocycles. The summed E-state index contributed by atoms with van der Waals surface area (Å²) in [6.07, 6.45) is 8.64. The van der Waals surface area contributed by atoms with Gasteiger partial charge in [0, 0.05) is 28.3 Å². The molecule has 0 bridgehead atoms. The van der Waals surface area contributed by atoms with Crippen LogP contribution >= 0.6 is 23.2 Å². The molecule has 6 N–H and O–H groups in total. The van der Waals surface area contributed by atoms with Gasteiger partial charge in [-0.1, -0.05) is 47.5 Å². The highest BCUT2D eigenvalue weighted by atomic mass is 35.5. The fourth-order valence-electron chi connectivity index (χ4n) is 5.73. The molecule has 2 saturated heterocycles. The average molecular weight is 689 g/mol. The molecule has 11 heteroatoms. The van der Waals surface area contributed by atoms with Gasteiger partial charge in [-0.3, -0.25) is 5.32 Å². The highest BCUT2D eigenvalue weighted by Crippen LogP contribution is 2.20. The Bertz CT molecular complexity index is 1450. The predicted molar refractivity (Wildman–Crippen MR) is 197 cm³/mol. The fourth-order valence-corrected chi connectivity index (χ4v) is 5.97. The molecule has 2 fully saturated rings. The zero-order valence-electron chi connectivity index (χ0n) is 26.9. The zero-order chi connectivity index (χ0) is 33.6. The number of anilines is 4. The first-order valence-corrected chi connectivity index (χ1v) is 17.3. The maximum atomic E-state index is 12.0. The van der Waals surface area contributed by atoms with Crippen LogP contribution in [0, 0.1) is 11.8 Å². The van der Waals surface area contributed by atoms with Gasteiger partial charge in [-0.25, -0.2) is 14.6 Å². The second-order valence-corrected chi connectivity index (χ2v) is 13.1. The number of aryl methyl sites for hydroxylation is 2. The van der Waals surface area contributed by atoms with Crippen molar-refractivity contribution in [2.45, 2.75) is 38.5 Å². The summed E-state index contributed by atoms with van der Waals surface area (Å²) in [5.74, 6) is 2.05. The number of rotatable bonds is 10. The predicted octanol–water partition coefficient (Wildman–Crippen LogP) is 8.45. The molecule has 2 aliphatic heterocycles. The van der Waals surface area contributed by atoms with Gasteiger partial charge in [0.15, 0.2) is 0 Å². The molecule has 0 saturated carbocycles. The first-order valence-electron chi connectivity index (χ1n) is 16.5. The summed E-state index contributed by atoms with van der Waals surface area (Å²) in [6, 6.07) is 25.8. The summed E-state index contributed by atoms with van der Waals surface area (Å²) in [5, 5.41) is 19.1. The Morgan fingerprint density at radius 1 is 0.604 bits per heavy atom. The van der Waals surface area contributed by atoms with Crippen molar-refractivity contribution in [2.24, 2.45) is 11.8 Å². The Kier molecular flexibility index (Phi) is 13.5. The Morgan fingerprint density at radius 3 is 1.46 bits per heavy atom. The lowest BCUT2D eigenvalue weighted by Gasteiger charge is -2.10. The smallest absolute Gasteiger partial charge is 0.316 e. The third kappa shape index (κ3) is 12.1.